The van der Waals surface area contributed by atoms with Crippen molar-refractivity contribution >= 4 is 17.6 Å². The molecule has 0 saturated heterocycles. The molecule has 0 saturated carbocycles. The number of phenols is 1. The average Bonchev–Trinajstić information content (AvgIpc) is 2.61. The van der Waals surface area contributed by atoms with Crippen molar-refractivity contribution in [2.45, 2.75) is 32.6 Å². The Morgan fingerprint density at radius 3 is 2.35 bits per heavy atom. The van der Waals surface area contributed by atoms with Crippen LogP contribution in [0.3, 0.4) is 0 Å². The number of carbonyl (C=O) groups is 2. The molecule has 6 nitrogen and oxygen atoms in total. The zero-order valence-corrected chi connectivity index (χ0v) is 15.1. The Morgan fingerprint density at radius 2 is 1.77 bits per heavy atom. The molecule has 6 heteroatoms. The van der Waals surface area contributed by atoms with Crippen molar-refractivity contribution in [2.24, 2.45) is 0 Å². The molecule has 0 unspecified atom stereocenters. The van der Waals surface area contributed by atoms with Crippen molar-refractivity contribution in [3.8, 4) is 11.5 Å². The van der Waals surface area contributed by atoms with Crippen molar-refractivity contribution in [3.63, 3.8) is 0 Å². The molecule has 0 fully saturated rings. The summed E-state index contributed by atoms with van der Waals surface area (Å²) in [6.45, 7) is 6.20. The Labute approximate surface area is 152 Å². The van der Waals surface area contributed by atoms with E-state index in [-0.39, 0.29) is 29.0 Å². The maximum Gasteiger partial charge on any atom is 0.337 e. The largest absolute Gasteiger partial charge is 0.508 e. The second-order valence-corrected chi connectivity index (χ2v) is 6.63. The standard InChI is InChI=1S/C20H23NO5/c1-4-20(2,3)13-5-8-15(9-6-13)26-12-18(23)21-17-10-7-14(22)11-16(17)19(24)25/h5-11,22H,4,12H2,1-3H3,(H,21,23)(H,24,25). The summed E-state index contributed by atoms with van der Waals surface area (Å²) in [5.74, 6) is -1.37. The Bertz CT molecular complexity index is 796. The van der Waals surface area contributed by atoms with Crippen molar-refractivity contribution in [3.05, 3.63) is 53.6 Å². The molecule has 1 amide bonds. The van der Waals surface area contributed by atoms with Gasteiger partial charge in [0.05, 0.1) is 11.3 Å². The first-order chi connectivity index (χ1) is 12.2. The molecule has 0 heterocycles. The van der Waals surface area contributed by atoms with Gasteiger partial charge in [0.2, 0.25) is 0 Å². The number of carboxylic acids is 1. The molecule has 0 bridgehead atoms. The van der Waals surface area contributed by atoms with Crippen LogP contribution in [0.5, 0.6) is 11.5 Å². The van der Waals surface area contributed by atoms with E-state index >= 15 is 0 Å². The summed E-state index contributed by atoms with van der Waals surface area (Å²) in [5.41, 5.74) is 1.17. The molecule has 0 aliphatic rings. The summed E-state index contributed by atoms with van der Waals surface area (Å²) >= 11 is 0. The van der Waals surface area contributed by atoms with E-state index in [1.807, 2.05) is 24.3 Å². The number of aromatic carboxylic acids is 1. The molecule has 0 spiro atoms. The van der Waals surface area contributed by atoms with Crippen molar-refractivity contribution in [1.29, 1.82) is 0 Å². The summed E-state index contributed by atoms with van der Waals surface area (Å²) in [6.07, 6.45) is 1.01. The zero-order chi connectivity index (χ0) is 19.3. The zero-order valence-electron chi connectivity index (χ0n) is 15.1. The summed E-state index contributed by atoms with van der Waals surface area (Å²) in [5, 5.41) is 21.0. The van der Waals surface area contributed by atoms with E-state index < -0.39 is 11.9 Å². The molecule has 0 atom stereocenters. The Balaban J connectivity index is 1.98. The van der Waals surface area contributed by atoms with E-state index in [0.717, 1.165) is 12.5 Å². The number of nitrogens with one attached hydrogen (secondary N) is 1. The highest BCUT2D eigenvalue weighted by Crippen LogP contribution is 2.28. The molecular weight excluding hydrogens is 334 g/mol. The third-order valence-corrected chi connectivity index (χ3v) is 4.40. The third kappa shape index (κ3) is 4.75. The van der Waals surface area contributed by atoms with Gasteiger partial charge >= 0.3 is 5.97 Å². The number of hydrogen-bond donors (Lipinski definition) is 3. The Morgan fingerprint density at radius 1 is 1.12 bits per heavy atom. The van der Waals surface area contributed by atoms with E-state index in [4.69, 9.17) is 9.84 Å². The molecule has 26 heavy (non-hydrogen) atoms. The van der Waals surface area contributed by atoms with E-state index in [9.17, 15) is 14.7 Å². The number of anilines is 1. The molecule has 138 valence electrons. The van der Waals surface area contributed by atoms with Crippen molar-refractivity contribution in [1.82, 2.24) is 0 Å². The van der Waals surface area contributed by atoms with Crippen LogP contribution in [0.25, 0.3) is 0 Å². The van der Waals surface area contributed by atoms with Crippen LogP contribution >= 0.6 is 0 Å². The molecule has 0 radical (unpaired) electrons. The predicted molar refractivity (Wildman–Crippen MR) is 98.9 cm³/mol. The van der Waals surface area contributed by atoms with Crippen LogP contribution in [0.15, 0.2) is 42.5 Å². The van der Waals surface area contributed by atoms with Crippen LogP contribution < -0.4 is 10.1 Å². The van der Waals surface area contributed by atoms with Crippen LogP contribution in [-0.2, 0) is 10.2 Å². The number of phenolic OH excluding ortho intramolecular Hbond substituents is 1. The number of hydrogen-bond acceptors (Lipinski definition) is 4. The molecule has 0 aliphatic carbocycles. The number of ether oxygens (including phenoxy) is 1. The molecule has 2 rings (SSSR count). The molecule has 3 N–H and O–H groups in total. The Hall–Kier alpha value is -3.02. The van der Waals surface area contributed by atoms with Gasteiger partial charge < -0.3 is 20.3 Å². The summed E-state index contributed by atoms with van der Waals surface area (Å²) in [7, 11) is 0. The predicted octanol–water partition coefficient (Wildman–Crippen LogP) is 3.80. The Kier molecular flexibility index (Phi) is 5.87. The van der Waals surface area contributed by atoms with Gasteiger partial charge in [0.15, 0.2) is 6.61 Å². The first kappa shape index (κ1) is 19.3. The lowest BCUT2D eigenvalue weighted by Gasteiger charge is -2.23. The lowest BCUT2D eigenvalue weighted by Crippen LogP contribution is -2.21. The summed E-state index contributed by atoms with van der Waals surface area (Å²) in [6, 6.07) is 11.3. The van der Waals surface area contributed by atoms with Crippen LogP contribution in [0.4, 0.5) is 5.69 Å². The number of carboxylic acid groups (broad SMARTS) is 1. The van der Waals surface area contributed by atoms with Gasteiger partial charge in [-0.2, -0.15) is 0 Å². The topological polar surface area (TPSA) is 95.9 Å². The van der Waals surface area contributed by atoms with Gasteiger partial charge in [-0.1, -0.05) is 32.9 Å². The van der Waals surface area contributed by atoms with Gasteiger partial charge in [0.25, 0.3) is 5.91 Å². The van der Waals surface area contributed by atoms with Gasteiger partial charge in [-0.15, -0.1) is 0 Å². The van der Waals surface area contributed by atoms with Gasteiger partial charge in [-0.05, 0) is 47.7 Å². The second-order valence-electron chi connectivity index (χ2n) is 6.63. The van der Waals surface area contributed by atoms with Crippen molar-refractivity contribution < 1.29 is 24.5 Å². The molecule has 0 aliphatic heterocycles. The van der Waals surface area contributed by atoms with Gasteiger partial charge in [0, 0.05) is 0 Å². The average molecular weight is 357 g/mol. The van der Waals surface area contributed by atoms with Crippen LogP contribution in [0, 0.1) is 0 Å². The second kappa shape index (κ2) is 7.91. The smallest absolute Gasteiger partial charge is 0.337 e. The fourth-order valence-electron chi connectivity index (χ4n) is 2.36. The SMILES string of the molecule is CCC(C)(C)c1ccc(OCC(=O)Nc2ccc(O)cc2C(=O)O)cc1. The third-order valence-electron chi connectivity index (χ3n) is 4.40. The fourth-order valence-corrected chi connectivity index (χ4v) is 2.36. The first-order valence-corrected chi connectivity index (χ1v) is 8.32. The van der Waals surface area contributed by atoms with Crippen LogP contribution in [-0.4, -0.2) is 28.7 Å². The number of amides is 1. The number of aromatic hydroxyl groups is 1. The van der Waals surface area contributed by atoms with Crippen molar-refractivity contribution in [2.75, 3.05) is 11.9 Å². The normalized spacial score (nSPS) is 11.0. The molecule has 2 aromatic carbocycles. The maximum atomic E-state index is 12.0. The molecule has 0 aromatic heterocycles. The quantitative estimate of drug-likeness (QED) is 0.655. The maximum absolute atomic E-state index is 12.0. The lowest BCUT2D eigenvalue weighted by molar-refractivity contribution is -0.118. The number of benzene rings is 2. The number of carbonyl (C=O) groups excluding carboxylic acids is 1. The highest BCUT2D eigenvalue weighted by Gasteiger charge is 2.18. The van der Waals surface area contributed by atoms with E-state index in [2.05, 4.69) is 26.1 Å². The summed E-state index contributed by atoms with van der Waals surface area (Å²) < 4.78 is 5.46. The highest BCUT2D eigenvalue weighted by atomic mass is 16.5. The van der Waals surface area contributed by atoms with E-state index in [1.165, 1.54) is 17.7 Å². The first-order valence-electron chi connectivity index (χ1n) is 8.32. The highest BCUT2D eigenvalue weighted by molar-refractivity contribution is 6.01. The van der Waals surface area contributed by atoms with Crippen LogP contribution in [0.1, 0.15) is 43.1 Å². The van der Waals surface area contributed by atoms with Crippen LogP contribution in [0.2, 0.25) is 0 Å². The minimum absolute atomic E-state index is 0.0714. The van der Waals surface area contributed by atoms with Gasteiger partial charge in [-0.3, -0.25) is 4.79 Å². The van der Waals surface area contributed by atoms with E-state index in [1.54, 1.807) is 0 Å². The van der Waals surface area contributed by atoms with Gasteiger partial charge in [-0.25, -0.2) is 4.79 Å². The van der Waals surface area contributed by atoms with E-state index in [0.29, 0.717) is 5.75 Å². The minimum Gasteiger partial charge on any atom is -0.508 e. The fraction of sp³-hybridized carbons (Fsp3) is 0.300. The monoisotopic (exact) mass is 357 g/mol. The molecule has 2 aromatic rings. The van der Waals surface area contributed by atoms with Gasteiger partial charge in [0.1, 0.15) is 11.5 Å². The minimum atomic E-state index is -1.24. The number of rotatable bonds is 7. The summed E-state index contributed by atoms with van der Waals surface area (Å²) in [4.78, 5) is 23.2. The lowest BCUT2D eigenvalue weighted by atomic mass is 9.82. The molecular formula is C20H23NO5.